The van der Waals surface area contributed by atoms with Gasteiger partial charge in [-0.1, -0.05) is 17.7 Å². The van der Waals surface area contributed by atoms with Gasteiger partial charge in [0.2, 0.25) is 0 Å². The molecule has 0 spiro atoms. The first-order chi connectivity index (χ1) is 9.90. The maximum Gasteiger partial charge on any atom is 0.279 e. The minimum atomic E-state index is -3.67. The molecule has 0 radical (unpaired) electrons. The Morgan fingerprint density at radius 2 is 2.29 bits per heavy atom. The molecule has 5 nitrogen and oxygen atoms in total. The molecule has 1 aliphatic heterocycles. The van der Waals surface area contributed by atoms with Gasteiger partial charge >= 0.3 is 0 Å². The van der Waals surface area contributed by atoms with E-state index in [2.05, 4.69) is 10.0 Å². The van der Waals surface area contributed by atoms with E-state index in [-0.39, 0.29) is 23.2 Å². The number of nitrogens with zero attached hydrogens (tertiary/aromatic N) is 1. The number of rotatable bonds is 5. The van der Waals surface area contributed by atoms with Gasteiger partial charge in [-0.3, -0.25) is 0 Å². The number of hydrogen-bond donors (Lipinski definition) is 2. The first-order valence-electron chi connectivity index (χ1n) is 6.77. The molecule has 2 rings (SSSR count). The van der Waals surface area contributed by atoms with Crippen LogP contribution in [-0.4, -0.2) is 38.9 Å². The van der Waals surface area contributed by atoms with Gasteiger partial charge in [-0.25, -0.2) is 4.39 Å². The highest BCUT2D eigenvalue weighted by Crippen LogP contribution is 2.21. The minimum absolute atomic E-state index is 0.110. The van der Waals surface area contributed by atoms with Crippen molar-refractivity contribution >= 4 is 21.8 Å². The van der Waals surface area contributed by atoms with E-state index in [0.717, 1.165) is 23.7 Å². The maximum absolute atomic E-state index is 13.7. The molecule has 1 aliphatic rings. The van der Waals surface area contributed by atoms with Gasteiger partial charge in [0.05, 0.1) is 0 Å². The molecule has 8 heteroatoms. The molecule has 1 aromatic carbocycles. The van der Waals surface area contributed by atoms with Gasteiger partial charge in [0.1, 0.15) is 5.82 Å². The third kappa shape index (κ3) is 4.37. The third-order valence-corrected chi connectivity index (χ3v) is 5.40. The van der Waals surface area contributed by atoms with E-state index in [4.69, 9.17) is 11.6 Å². The van der Waals surface area contributed by atoms with Crippen LogP contribution in [0.5, 0.6) is 0 Å². The molecule has 0 aromatic heterocycles. The molecule has 0 unspecified atom stereocenters. The molecule has 1 fully saturated rings. The Hall–Kier alpha value is -0.730. The fourth-order valence-corrected chi connectivity index (χ4v) is 3.57. The predicted octanol–water partition coefficient (Wildman–Crippen LogP) is 1.50. The lowest BCUT2D eigenvalue weighted by atomic mass is 10.1. The highest BCUT2D eigenvalue weighted by Gasteiger charge is 2.25. The highest BCUT2D eigenvalue weighted by molar-refractivity contribution is 7.87. The average Bonchev–Trinajstić information content (AvgIpc) is 2.43. The van der Waals surface area contributed by atoms with E-state index in [0.29, 0.717) is 6.54 Å². The molecule has 0 aliphatic carbocycles. The first-order valence-corrected chi connectivity index (χ1v) is 8.59. The quantitative estimate of drug-likeness (QED) is 0.857. The van der Waals surface area contributed by atoms with Crippen LogP contribution in [0.1, 0.15) is 18.4 Å². The van der Waals surface area contributed by atoms with Crippen LogP contribution in [0, 0.1) is 5.82 Å². The van der Waals surface area contributed by atoms with Crippen molar-refractivity contribution in [2.24, 2.45) is 0 Å². The number of halogens is 2. The summed E-state index contributed by atoms with van der Waals surface area (Å²) in [6.07, 6.45) is 1.72. The molecular weight excluding hydrogens is 317 g/mol. The Bertz CT molecular complexity index is 571. The minimum Gasteiger partial charge on any atom is -0.315 e. The fraction of sp³-hybridized carbons (Fsp3) is 0.538. The molecule has 2 N–H and O–H groups in total. The number of benzene rings is 1. The van der Waals surface area contributed by atoms with Crippen LogP contribution in [-0.2, 0) is 16.8 Å². The van der Waals surface area contributed by atoms with Gasteiger partial charge in [0.15, 0.2) is 0 Å². The van der Waals surface area contributed by atoms with E-state index in [1.165, 1.54) is 19.2 Å². The zero-order valence-electron chi connectivity index (χ0n) is 11.8. The molecule has 0 saturated carbocycles. The number of hydrogen-bond acceptors (Lipinski definition) is 3. The van der Waals surface area contributed by atoms with Crippen molar-refractivity contribution in [3.05, 3.63) is 34.6 Å². The average molecular weight is 336 g/mol. The molecule has 0 amide bonds. The molecule has 1 aromatic rings. The van der Waals surface area contributed by atoms with Crippen LogP contribution in [0.25, 0.3) is 0 Å². The first kappa shape index (κ1) is 16.6. The molecule has 1 heterocycles. The smallest absolute Gasteiger partial charge is 0.279 e. The molecule has 1 saturated heterocycles. The molecule has 21 heavy (non-hydrogen) atoms. The fourth-order valence-electron chi connectivity index (χ4n) is 2.24. The topological polar surface area (TPSA) is 61.4 Å². The normalized spacial score (nSPS) is 19.9. The summed E-state index contributed by atoms with van der Waals surface area (Å²) in [5, 5.41) is 3.36. The highest BCUT2D eigenvalue weighted by atomic mass is 35.5. The lowest BCUT2D eigenvalue weighted by molar-refractivity contribution is 0.399. The zero-order valence-corrected chi connectivity index (χ0v) is 13.3. The van der Waals surface area contributed by atoms with Gasteiger partial charge in [0, 0.05) is 36.8 Å². The molecule has 0 bridgehead atoms. The molecular formula is C13H19ClFN3O2S. The van der Waals surface area contributed by atoms with Crippen molar-refractivity contribution < 1.29 is 12.8 Å². The Labute approximate surface area is 129 Å². The van der Waals surface area contributed by atoms with Crippen molar-refractivity contribution in [3.8, 4) is 0 Å². The summed E-state index contributed by atoms with van der Waals surface area (Å²) in [6.45, 7) is 1.40. The van der Waals surface area contributed by atoms with Crippen molar-refractivity contribution in [1.29, 1.82) is 0 Å². The third-order valence-electron chi connectivity index (χ3n) is 3.47. The lowest BCUT2D eigenvalue weighted by Gasteiger charge is -2.26. The van der Waals surface area contributed by atoms with Crippen LogP contribution >= 0.6 is 11.6 Å². The predicted molar refractivity (Wildman–Crippen MR) is 80.8 cm³/mol. The Morgan fingerprint density at radius 1 is 1.52 bits per heavy atom. The van der Waals surface area contributed by atoms with E-state index in [9.17, 15) is 12.8 Å². The standard InChI is InChI=1S/C13H19ClFN3O2S/c1-18(9-11-12(14)5-2-6-13(11)15)21(19,20)17-10-4-3-7-16-8-10/h2,5-6,10,16-17H,3-4,7-9H2,1H3/t10-/m0/s1. The van der Waals surface area contributed by atoms with Crippen LogP contribution in [0.15, 0.2) is 18.2 Å². The maximum atomic E-state index is 13.7. The lowest BCUT2D eigenvalue weighted by Crippen LogP contribution is -2.49. The van der Waals surface area contributed by atoms with Gasteiger partial charge < -0.3 is 5.32 Å². The van der Waals surface area contributed by atoms with E-state index < -0.39 is 16.0 Å². The van der Waals surface area contributed by atoms with Crippen LogP contribution in [0.3, 0.4) is 0 Å². The summed E-state index contributed by atoms with van der Waals surface area (Å²) in [4.78, 5) is 0. The summed E-state index contributed by atoms with van der Waals surface area (Å²) in [7, 11) is -2.27. The van der Waals surface area contributed by atoms with Crippen LogP contribution in [0.2, 0.25) is 5.02 Å². The van der Waals surface area contributed by atoms with Crippen LogP contribution in [0.4, 0.5) is 4.39 Å². The number of piperidine rings is 1. The molecule has 1 atom stereocenters. The summed E-state index contributed by atoms with van der Waals surface area (Å²) < 4.78 is 41.9. The van der Waals surface area contributed by atoms with Crippen molar-refractivity contribution in [3.63, 3.8) is 0 Å². The van der Waals surface area contributed by atoms with Gasteiger partial charge in [0.25, 0.3) is 10.2 Å². The van der Waals surface area contributed by atoms with Gasteiger partial charge in [-0.15, -0.1) is 0 Å². The molecule has 118 valence electrons. The second-order valence-corrected chi connectivity index (χ2v) is 7.34. The Balaban J connectivity index is 2.05. The monoisotopic (exact) mass is 335 g/mol. The summed E-state index contributed by atoms with van der Waals surface area (Å²) in [6, 6.07) is 4.16. The summed E-state index contributed by atoms with van der Waals surface area (Å²) >= 11 is 5.92. The zero-order chi connectivity index (χ0) is 15.5. The second-order valence-electron chi connectivity index (χ2n) is 5.12. The van der Waals surface area contributed by atoms with Gasteiger partial charge in [-0.2, -0.15) is 17.4 Å². The van der Waals surface area contributed by atoms with Crippen molar-refractivity contribution in [1.82, 2.24) is 14.3 Å². The Morgan fingerprint density at radius 3 is 2.90 bits per heavy atom. The van der Waals surface area contributed by atoms with E-state index in [1.54, 1.807) is 6.07 Å². The van der Waals surface area contributed by atoms with Gasteiger partial charge in [-0.05, 0) is 31.5 Å². The Kier molecular flexibility index (Phi) is 5.56. The summed E-state index contributed by atoms with van der Waals surface area (Å²) in [5.74, 6) is -0.510. The van der Waals surface area contributed by atoms with E-state index in [1.807, 2.05) is 0 Å². The SMILES string of the molecule is CN(Cc1c(F)cccc1Cl)S(=O)(=O)N[C@H]1CCCNC1. The van der Waals surface area contributed by atoms with Crippen molar-refractivity contribution in [2.45, 2.75) is 25.4 Å². The largest absolute Gasteiger partial charge is 0.315 e. The van der Waals surface area contributed by atoms with E-state index >= 15 is 0 Å². The number of nitrogens with one attached hydrogen (secondary N) is 2. The summed E-state index contributed by atoms with van der Waals surface area (Å²) in [5.41, 5.74) is 0.175. The second kappa shape index (κ2) is 7.02. The van der Waals surface area contributed by atoms with Crippen LogP contribution < -0.4 is 10.0 Å². The van der Waals surface area contributed by atoms with Crippen molar-refractivity contribution in [2.75, 3.05) is 20.1 Å².